The lowest BCUT2D eigenvalue weighted by Crippen LogP contribution is -2.53. The van der Waals surface area contributed by atoms with Crippen LogP contribution < -0.4 is 15.3 Å². The molecule has 59 heavy (non-hydrogen) atoms. The summed E-state index contributed by atoms with van der Waals surface area (Å²) in [7, 11) is 2.52. The number of imidazole rings is 1. The van der Waals surface area contributed by atoms with Gasteiger partial charge in [0.05, 0.1) is 65.8 Å². The van der Waals surface area contributed by atoms with Gasteiger partial charge in [0, 0.05) is 50.2 Å². The summed E-state index contributed by atoms with van der Waals surface area (Å²) in [5, 5.41) is 9.27. The van der Waals surface area contributed by atoms with Crippen LogP contribution in [0, 0.1) is 17.2 Å². The minimum atomic E-state index is -4.75. The summed E-state index contributed by atoms with van der Waals surface area (Å²) in [6.45, 7) is 7.49. The predicted octanol–water partition coefficient (Wildman–Crippen LogP) is 7.84. The van der Waals surface area contributed by atoms with Crippen LogP contribution in [0.1, 0.15) is 76.9 Å². The number of esters is 2. The molecule has 1 aromatic heterocycles. The van der Waals surface area contributed by atoms with Crippen LogP contribution in [0.2, 0.25) is 0 Å². The SMILES string of the molecule is COC(=O)c1ccc(O[C@H]2C[C@H](N(CC3CCN(c4ccc(Cn5c(=O)n(-c6ccc(C#N)c(C(F)(F)F)c6)c6ccccc65)cc4)CC3)C(C)C)C2)cc1C(=O)OC. The Morgan fingerprint density at radius 2 is 1.51 bits per heavy atom. The van der Waals surface area contributed by atoms with E-state index in [-0.39, 0.29) is 29.5 Å². The Bertz CT molecular complexity index is 2440. The number of hydrogen-bond acceptors (Lipinski definition) is 9. The number of rotatable bonds is 12. The molecule has 11 nitrogen and oxygen atoms in total. The second-order valence-corrected chi connectivity index (χ2v) is 15.5. The van der Waals surface area contributed by atoms with Gasteiger partial charge in [-0.2, -0.15) is 18.4 Å². The van der Waals surface area contributed by atoms with E-state index in [9.17, 15) is 32.8 Å². The fourth-order valence-electron chi connectivity index (χ4n) is 8.32. The predicted molar refractivity (Wildman–Crippen MR) is 216 cm³/mol. The van der Waals surface area contributed by atoms with Crippen molar-refractivity contribution in [1.29, 1.82) is 5.26 Å². The lowest BCUT2D eigenvalue weighted by atomic mass is 9.85. The van der Waals surface area contributed by atoms with Crippen LogP contribution in [-0.2, 0) is 22.2 Å². The molecule has 0 N–H and O–H groups in total. The molecule has 0 bridgehead atoms. The highest BCUT2D eigenvalue weighted by Gasteiger charge is 2.38. The number of carbonyl (C=O) groups is 2. The van der Waals surface area contributed by atoms with Gasteiger partial charge in [-0.05, 0) is 98.8 Å². The minimum Gasteiger partial charge on any atom is -0.490 e. The molecule has 0 amide bonds. The zero-order valence-electron chi connectivity index (χ0n) is 33.4. The topological polar surface area (TPSA) is 119 Å². The standard InChI is InChI=1S/C45H46F3N5O6/c1-28(2)51(34-21-36(22-34)59-35-15-16-37(42(54)57-3)38(24-35)43(55)58-4)26-30-17-19-50(20-18-30)32-12-9-29(10-13-32)27-52-40-7-5-6-8-41(40)53(44(52)56)33-14-11-31(25-49)39(23-33)45(46,47)48/h5-16,23-24,28,30,34,36H,17-22,26-27H2,1-4H3/t34-,36-. The molecule has 5 aromatic rings. The number of fused-ring (bicyclic) bond motifs is 1. The average molecular weight is 810 g/mol. The summed E-state index contributed by atoms with van der Waals surface area (Å²) in [4.78, 5) is 43.3. The number of alkyl halides is 3. The first kappa shape index (κ1) is 41.1. The van der Waals surface area contributed by atoms with Gasteiger partial charge in [0.2, 0.25) is 0 Å². The van der Waals surface area contributed by atoms with Crippen molar-refractivity contribution < 1.29 is 37.0 Å². The van der Waals surface area contributed by atoms with Gasteiger partial charge in [-0.1, -0.05) is 24.3 Å². The first-order valence-electron chi connectivity index (χ1n) is 19.7. The van der Waals surface area contributed by atoms with Gasteiger partial charge in [0.15, 0.2) is 0 Å². The highest BCUT2D eigenvalue weighted by atomic mass is 19.4. The Balaban J connectivity index is 0.956. The number of aromatic nitrogens is 2. The monoisotopic (exact) mass is 809 g/mol. The van der Waals surface area contributed by atoms with E-state index < -0.39 is 34.9 Å². The Morgan fingerprint density at radius 1 is 0.864 bits per heavy atom. The third-order valence-electron chi connectivity index (χ3n) is 11.6. The molecule has 2 fully saturated rings. The third-order valence-corrected chi connectivity index (χ3v) is 11.6. The molecule has 1 aliphatic heterocycles. The van der Waals surface area contributed by atoms with Crippen LogP contribution in [0.25, 0.3) is 16.7 Å². The van der Waals surface area contributed by atoms with Crippen LogP contribution in [0.4, 0.5) is 18.9 Å². The van der Waals surface area contributed by atoms with Gasteiger partial charge >= 0.3 is 23.8 Å². The zero-order valence-corrected chi connectivity index (χ0v) is 33.4. The summed E-state index contributed by atoms with van der Waals surface area (Å²) in [5.41, 5.74) is 1.23. The van der Waals surface area contributed by atoms with Crippen LogP contribution in [0.3, 0.4) is 0 Å². The average Bonchev–Trinajstić information content (AvgIpc) is 3.50. The van der Waals surface area contributed by atoms with E-state index in [0.717, 1.165) is 68.7 Å². The Labute approximate surface area is 340 Å². The van der Waals surface area contributed by atoms with E-state index in [4.69, 9.17) is 14.2 Å². The highest BCUT2D eigenvalue weighted by Crippen LogP contribution is 2.36. The van der Waals surface area contributed by atoms with Crippen molar-refractivity contribution in [1.82, 2.24) is 14.0 Å². The maximum atomic E-state index is 13.8. The van der Waals surface area contributed by atoms with Gasteiger partial charge < -0.3 is 19.1 Å². The highest BCUT2D eigenvalue weighted by molar-refractivity contribution is 6.03. The van der Waals surface area contributed by atoms with E-state index >= 15 is 0 Å². The van der Waals surface area contributed by atoms with Gasteiger partial charge in [-0.3, -0.25) is 14.0 Å². The molecular formula is C45H46F3N5O6. The van der Waals surface area contributed by atoms with Crippen molar-refractivity contribution in [3.8, 4) is 17.5 Å². The Hall–Kier alpha value is -6.07. The van der Waals surface area contributed by atoms with E-state index in [1.807, 2.05) is 12.1 Å². The van der Waals surface area contributed by atoms with E-state index in [1.165, 1.54) is 37.0 Å². The second kappa shape index (κ2) is 17.0. The molecule has 1 aliphatic carbocycles. The normalized spacial score (nSPS) is 17.2. The maximum absolute atomic E-state index is 13.8. The number of anilines is 1. The molecule has 0 spiro atoms. The number of hydrogen-bond donors (Lipinski definition) is 0. The van der Waals surface area contributed by atoms with Crippen molar-refractivity contribution in [3.05, 3.63) is 123 Å². The molecular weight excluding hydrogens is 764 g/mol. The number of ether oxygens (including phenoxy) is 3. The fourth-order valence-corrected chi connectivity index (χ4v) is 8.32. The lowest BCUT2D eigenvalue weighted by Gasteiger charge is -2.46. The Kier molecular flexibility index (Phi) is 11.9. The number of nitrogens with zero attached hydrogens (tertiary/aromatic N) is 5. The molecule has 308 valence electrons. The number of benzene rings is 4. The molecule has 0 atom stereocenters. The summed E-state index contributed by atoms with van der Waals surface area (Å²) < 4.78 is 60.1. The van der Waals surface area contributed by atoms with Crippen LogP contribution in [0.15, 0.2) is 89.7 Å². The van der Waals surface area contributed by atoms with Crippen LogP contribution >= 0.6 is 0 Å². The van der Waals surface area contributed by atoms with Gasteiger partial charge in [0.1, 0.15) is 11.9 Å². The first-order chi connectivity index (χ1) is 28.3. The van der Waals surface area contributed by atoms with Crippen molar-refractivity contribution in [3.63, 3.8) is 0 Å². The number of piperidine rings is 1. The van der Waals surface area contributed by atoms with Crippen LogP contribution in [0.5, 0.6) is 5.75 Å². The summed E-state index contributed by atoms with van der Waals surface area (Å²) in [6.07, 6.45) is -0.959. The third kappa shape index (κ3) is 8.57. The van der Waals surface area contributed by atoms with Gasteiger partial charge in [-0.25, -0.2) is 14.4 Å². The van der Waals surface area contributed by atoms with Crippen LogP contribution in [-0.4, -0.2) is 78.0 Å². The van der Waals surface area contributed by atoms with Crippen molar-refractivity contribution in [2.45, 2.75) is 70.4 Å². The Morgan fingerprint density at radius 3 is 2.14 bits per heavy atom. The van der Waals surface area contributed by atoms with Crippen molar-refractivity contribution >= 4 is 28.7 Å². The van der Waals surface area contributed by atoms with Gasteiger partial charge in [0.25, 0.3) is 0 Å². The molecule has 0 unspecified atom stereocenters. The quantitative estimate of drug-likeness (QED) is 0.116. The molecule has 1 saturated heterocycles. The molecule has 14 heteroatoms. The minimum absolute atomic E-state index is 0.00756. The summed E-state index contributed by atoms with van der Waals surface area (Å²) in [5.74, 6) is -0.213. The van der Waals surface area contributed by atoms with Gasteiger partial charge in [-0.15, -0.1) is 0 Å². The van der Waals surface area contributed by atoms with E-state index in [2.05, 4.69) is 35.8 Å². The number of carbonyl (C=O) groups excluding carboxylic acids is 2. The number of nitriles is 1. The van der Waals surface area contributed by atoms with E-state index in [0.29, 0.717) is 34.8 Å². The second-order valence-electron chi connectivity index (χ2n) is 15.5. The fraction of sp³-hybridized carbons (Fsp3) is 0.378. The maximum Gasteiger partial charge on any atom is 0.417 e. The smallest absolute Gasteiger partial charge is 0.417 e. The summed E-state index contributed by atoms with van der Waals surface area (Å²) in [6, 6.07) is 25.5. The molecule has 7 rings (SSSR count). The lowest BCUT2D eigenvalue weighted by molar-refractivity contribution is -0.137. The first-order valence-corrected chi connectivity index (χ1v) is 19.7. The summed E-state index contributed by atoms with van der Waals surface area (Å²) >= 11 is 0. The zero-order chi connectivity index (χ0) is 42.0. The van der Waals surface area contributed by atoms with Crippen molar-refractivity contribution in [2.75, 3.05) is 38.8 Å². The van der Waals surface area contributed by atoms with Crippen molar-refractivity contribution in [2.24, 2.45) is 5.92 Å². The number of para-hydroxylation sites is 2. The molecule has 4 aromatic carbocycles. The number of methoxy groups -OCH3 is 2. The largest absolute Gasteiger partial charge is 0.490 e. The number of halogens is 3. The molecule has 2 aliphatic rings. The van der Waals surface area contributed by atoms with E-state index in [1.54, 1.807) is 41.0 Å². The molecule has 2 heterocycles. The molecule has 0 radical (unpaired) electrons. The molecule has 1 saturated carbocycles.